The number of hydrogen-bond donors (Lipinski definition) is 0. The molecule has 0 saturated carbocycles. The number of aryl methyl sites for hydroxylation is 3. The highest BCUT2D eigenvalue weighted by Gasteiger charge is 2.32. The maximum absolute atomic E-state index is 6.40. The van der Waals surface area contributed by atoms with E-state index in [4.69, 9.17) is 4.74 Å². The first-order valence-electron chi connectivity index (χ1n) is 10.5. The number of nitrogens with zero attached hydrogens (tertiary/aromatic N) is 1. The van der Waals surface area contributed by atoms with Gasteiger partial charge in [-0.25, -0.2) is 0 Å². The predicted octanol–water partition coefficient (Wildman–Crippen LogP) is 8.70. The highest BCUT2D eigenvalue weighted by molar-refractivity contribution is 7.21. The number of benzene rings is 3. The topological polar surface area (TPSA) is 12.5 Å². The Morgan fingerprint density at radius 2 is 1.50 bits per heavy atom. The van der Waals surface area contributed by atoms with Crippen LogP contribution in [0, 0.1) is 20.8 Å². The zero-order chi connectivity index (χ0) is 21.2. The number of anilines is 3. The Morgan fingerprint density at radius 1 is 0.800 bits per heavy atom. The van der Waals surface area contributed by atoms with Gasteiger partial charge in [0.25, 0.3) is 0 Å². The van der Waals surface area contributed by atoms with Crippen molar-refractivity contribution in [2.24, 2.45) is 0 Å². The smallest absolute Gasteiger partial charge is 0.206 e. The van der Waals surface area contributed by atoms with E-state index in [0.29, 0.717) is 0 Å². The summed E-state index contributed by atoms with van der Waals surface area (Å²) in [4.78, 5) is 2.42. The zero-order valence-corrected chi connectivity index (χ0v) is 19.3. The second-order valence-corrected chi connectivity index (χ2v) is 10.3. The lowest BCUT2D eigenvalue weighted by atomic mass is 9.84. The molecule has 1 aromatic heterocycles. The Labute approximate surface area is 182 Å². The van der Waals surface area contributed by atoms with E-state index in [1.54, 1.807) is 11.3 Å². The standard InChI is InChI=1S/C27H27NOS/c1-16-10-9-11-20-24-26(30-25(16)20)29-22-13-8-7-12-21(22)28(24)23-17(2)14-19(15-18(23)3)27(4,5)6/h7-15H,1-6H3. The normalized spacial score (nSPS) is 13.2. The Hall–Kier alpha value is -2.78. The van der Waals surface area contributed by atoms with Crippen molar-refractivity contribution in [2.75, 3.05) is 4.90 Å². The van der Waals surface area contributed by atoms with E-state index in [0.717, 1.165) is 22.2 Å². The third-order valence-corrected chi connectivity index (χ3v) is 7.18. The fraction of sp³-hybridized carbons (Fsp3) is 0.259. The van der Waals surface area contributed by atoms with Gasteiger partial charge in [-0.1, -0.05) is 74.6 Å². The Balaban J connectivity index is 1.84. The number of ether oxygens (including phenoxy) is 1. The molecule has 2 nitrogen and oxygen atoms in total. The van der Waals surface area contributed by atoms with Gasteiger partial charge in [-0.15, -0.1) is 0 Å². The van der Waals surface area contributed by atoms with Crippen molar-refractivity contribution in [3.05, 3.63) is 76.9 Å². The van der Waals surface area contributed by atoms with E-state index in [1.165, 1.54) is 38.0 Å². The van der Waals surface area contributed by atoms with Gasteiger partial charge in [0.05, 0.1) is 11.4 Å². The van der Waals surface area contributed by atoms with Crippen LogP contribution in [0.1, 0.15) is 43.0 Å². The monoisotopic (exact) mass is 413 g/mol. The van der Waals surface area contributed by atoms with Gasteiger partial charge < -0.3 is 9.64 Å². The summed E-state index contributed by atoms with van der Waals surface area (Å²) in [5.74, 6) is 0.910. The number of fused-ring (bicyclic) bond motifs is 4. The first-order valence-corrected chi connectivity index (χ1v) is 11.3. The van der Waals surface area contributed by atoms with Crippen molar-refractivity contribution in [2.45, 2.75) is 47.0 Å². The van der Waals surface area contributed by atoms with Crippen molar-refractivity contribution in [3.63, 3.8) is 0 Å². The molecule has 2 heterocycles. The van der Waals surface area contributed by atoms with Crippen LogP contribution in [0.4, 0.5) is 17.1 Å². The third kappa shape index (κ3) is 2.84. The maximum Gasteiger partial charge on any atom is 0.206 e. The van der Waals surface area contributed by atoms with E-state index in [-0.39, 0.29) is 5.41 Å². The molecule has 1 aliphatic heterocycles. The molecule has 0 N–H and O–H groups in total. The minimum Gasteiger partial charge on any atom is -0.442 e. The van der Waals surface area contributed by atoms with Crippen LogP contribution < -0.4 is 9.64 Å². The zero-order valence-electron chi connectivity index (χ0n) is 18.5. The molecule has 5 rings (SSSR count). The van der Waals surface area contributed by atoms with Gasteiger partial charge in [0.15, 0.2) is 5.75 Å². The molecule has 0 saturated heterocycles. The molecule has 152 valence electrons. The Bertz CT molecular complexity index is 1270. The van der Waals surface area contributed by atoms with Crippen LogP contribution in [0.2, 0.25) is 0 Å². The summed E-state index contributed by atoms with van der Waals surface area (Å²) in [6.45, 7) is 13.5. The van der Waals surface area contributed by atoms with E-state index in [1.807, 2.05) is 6.07 Å². The average Bonchev–Trinajstić information content (AvgIpc) is 3.05. The molecule has 0 spiro atoms. The second-order valence-electron chi connectivity index (χ2n) is 9.30. The quantitative estimate of drug-likeness (QED) is 0.272. The summed E-state index contributed by atoms with van der Waals surface area (Å²) in [6, 6.07) is 19.6. The molecule has 0 radical (unpaired) electrons. The molecular weight excluding hydrogens is 386 g/mol. The van der Waals surface area contributed by atoms with Gasteiger partial charge in [-0.2, -0.15) is 0 Å². The van der Waals surface area contributed by atoms with Crippen molar-refractivity contribution >= 4 is 38.5 Å². The number of para-hydroxylation sites is 2. The van der Waals surface area contributed by atoms with Gasteiger partial charge in [-0.3, -0.25) is 0 Å². The summed E-state index contributed by atoms with van der Waals surface area (Å²) < 4.78 is 7.70. The summed E-state index contributed by atoms with van der Waals surface area (Å²) in [6.07, 6.45) is 0. The van der Waals surface area contributed by atoms with E-state index in [2.05, 4.69) is 95.0 Å². The number of rotatable bonds is 1. The van der Waals surface area contributed by atoms with Crippen LogP contribution in [0.25, 0.3) is 10.1 Å². The molecule has 3 heteroatoms. The van der Waals surface area contributed by atoms with Crippen molar-refractivity contribution < 1.29 is 4.74 Å². The van der Waals surface area contributed by atoms with Gasteiger partial charge >= 0.3 is 0 Å². The first-order chi connectivity index (χ1) is 14.3. The van der Waals surface area contributed by atoms with Crippen molar-refractivity contribution in [3.8, 4) is 10.8 Å². The van der Waals surface area contributed by atoms with Crippen LogP contribution in [-0.2, 0) is 5.41 Å². The fourth-order valence-corrected chi connectivity index (χ4v) is 5.55. The maximum atomic E-state index is 6.40. The summed E-state index contributed by atoms with van der Waals surface area (Å²) in [5, 5.41) is 2.22. The van der Waals surface area contributed by atoms with Gasteiger partial charge in [0.2, 0.25) is 5.06 Å². The van der Waals surface area contributed by atoms with Gasteiger partial charge in [-0.05, 0) is 60.6 Å². The number of hydrogen-bond acceptors (Lipinski definition) is 3. The van der Waals surface area contributed by atoms with Crippen LogP contribution in [0.15, 0.2) is 54.6 Å². The van der Waals surface area contributed by atoms with Crippen molar-refractivity contribution in [1.29, 1.82) is 0 Å². The fourth-order valence-electron chi connectivity index (χ4n) is 4.43. The van der Waals surface area contributed by atoms with Crippen molar-refractivity contribution in [1.82, 2.24) is 0 Å². The molecule has 0 fully saturated rings. The van der Waals surface area contributed by atoms with Crippen LogP contribution >= 0.6 is 11.3 Å². The lowest BCUT2D eigenvalue weighted by Crippen LogP contribution is -2.18. The SMILES string of the molecule is Cc1cc(C(C)(C)C)cc(C)c1N1c2ccccc2Oc2sc3c(C)cccc3c21. The minimum atomic E-state index is 0.119. The highest BCUT2D eigenvalue weighted by Crippen LogP contribution is 2.58. The Kier molecular flexibility index (Phi) is 4.23. The lowest BCUT2D eigenvalue weighted by molar-refractivity contribution is 0.491. The lowest BCUT2D eigenvalue weighted by Gasteiger charge is -2.34. The molecular formula is C27H27NOS. The highest BCUT2D eigenvalue weighted by atomic mass is 32.1. The molecule has 0 atom stereocenters. The molecule has 0 amide bonds. The van der Waals surface area contributed by atoms with E-state index >= 15 is 0 Å². The molecule has 0 bridgehead atoms. The number of thiophene rings is 1. The van der Waals surface area contributed by atoms with E-state index < -0.39 is 0 Å². The third-order valence-electron chi connectivity index (χ3n) is 5.97. The molecule has 3 aromatic carbocycles. The van der Waals surface area contributed by atoms with Gasteiger partial charge in [0.1, 0.15) is 5.69 Å². The second kappa shape index (κ2) is 6.61. The van der Waals surface area contributed by atoms with Crippen LogP contribution in [0.5, 0.6) is 10.8 Å². The summed E-state index contributed by atoms with van der Waals surface area (Å²) in [5.41, 5.74) is 8.86. The average molecular weight is 414 g/mol. The van der Waals surface area contributed by atoms with Crippen LogP contribution in [-0.4, -0.2) is 0 Å². The first kappa shape index (κ1) is 19.2. The largest absolute Gasteiger partial charge is 0.442 e. The minimum absolute atomic E-state index is 0.119. The molecule has 30 heavy (non-hydrogen) atoms. The predicted molar refractivity (Wildman–Crippen MR) is 129 cm³/mol. The molecule has 0 unspecified atom stereocenters. The summed E-state index contributed by atoms with van der Waals surface area (Å²) >= 11 is 1.74. The van der Waals surface area contributed by atoms with Crippen LogP contribution in [0.3, 0.4) is 0 Å². The Morgan fingerprint density at radius 3 is 2.20 bits per heavy atom. The molecule has 0 aliphatic carbocycles. The summed E-state index contributed by atoms with van der Waals surface area (Å²) in [7, 11) is 0. The van der Waals surface area contributed by atoms with Gasteiger partial charge in [0, 0.05) is 10.1 Å². The van der Waals surface area contributed by atoms with E-state index in [9.17, 15) is 0 Å². The molecule has 4 aromatic rings. The molecule has 1 aliphatic rings.